The van der Waals surface area contributed by atoms with Gasteiger partial charge < -0.3 is 4.74 Å². The normalized spacial score (nSPS) is 16.2. The Morgan fingerprint density at radius 2 is 2.03 bits per heavy atom. The highest BCUT2D eigenvalue weighted by molar-refractivity contribution is 6.30. The SMILES string of the molecule is C/C=C(/C(=O)C1CCc2ccc(Cl)cc2C1)c1ccc(-c2cn[nH]c2OC)cc1C(C)C. The number of aromatic amines is 1. The number of rotatable bonds is 6. The maximum Gasteiger partial charge on any atom is 0.216 e. The number of ketones is 1. The Bertz CT molecular complexity index is 1180. The molecular weight excluding hydrogens is 420 g/mol. The highest BCUT2D eigenvalue weighted by atomic mass is 35.5. The second kappa shape index (κ2) is 9.33. The summed E-state index contributed by atoms with van der Waals surface area (Å²) in [6.07, 6.45) is 6.26. The number of halogens is 1. The van der Waals surface area contributed by atoms with Gasteiger partial charge in [-0.1, -0.05) is 55.8 Å². The third kappa shape index (κ3) is 4.24. The third-order valence-corrected chi connectivity index (χ3v) is 6.64. The van der Waals surface area contributed by atoms with Gasteiger partial charge in [0.1, 0.15) is 0 Å². The van der Waals surface area contributed by atoms with Gasteiger partial charge in [0.15, 0.2) is 5.78 Å². The van der Waals surface area contributed by atoms with Crippen molar-refractivity contribution in [1.29, 1.82) is 0 Å². The van der Waals surface area contributed by atoms with Crippen LogP contribution in [0.25, 0.3) is 16.7 Å². The van der Waals surface area contributed by atoms with Gasteiger partial charge in [-0.3, -0.25) is 4.79 Å². The van der Waals surface area contributed by atoms with E-state index in [9.17, 15) is 4.79 Å². The Morgan fingerprint density at radius 1 is 1.22 bits per heavy atom. The molecule has 0 radical (unpaired) electrons. The van der Waals surface area contributed by atoms with E-state index >= 15 is 0 Å². The summed E-state index contributed by atoms with van der Waals surface area (Å²) in [7, 11) is 1.63. The third-order valence-electron chi connectivity index (χ3n) is 6.40. The number of aryl methyl sites for hydroxylation is 1. The number of H-pyrrole nitrogens is 1. The lowest BCUT2D eigenvalue weighted by Crippen LogP contribution is -2.24. The fraction of sp³-hybridized carbons (Fsp3) is 0.333. The van der Waals surface area contributed by atoms with Crippen LogP contribution in [0.2, 0.25) is 5.02 Å². The van der Waals surface area contributed by atoms with E-state index in [4.69, 9.17) is 16.3 Å². The van der Waals surface area contributed by atoms with Crippen LogP contribution in [0.5, 0.6) is 5.88 Å². The molecule has 3 aromatic rings. The molecule has 5 heteroatoms. The van der Waals surface area contributed by atoms with E-state index in [1.165, 1.54) is 11.1 Å². The average molecular weight is 449 g/mol. The summed E-state index contributed by atoms with van der Waals surface area (Å²) in [5, 5.41) is 7.72. The summed E-state index contributed by atoms with van der Waals surface area (Å²) in [5.74, 6) is 1.08. The number of Topliss-reactive ketones (excluding diaryl/α,β-unsaturated/α-hetero) is 1. The first kappa shape index (κ1) is 22.3. The van der Waals surface area contributed by atoms with Crippen LogP contribution in [0.15, 0.2) is 48.7 Å². The number of methoxy groups -OCH3 is 1. The maximum absolute atomic E-state index is 13.7. The topological polar surface area (TPSA) is 55.0 Å². The minimum Gasteiger partial charge on any atom is -0.481 e. The van der Waals surface area contributed by atoms with Gasteiger partial charge in [-0.2, -0.15) is 5.10 Å². The van der Waals surface area contributed by atoms with Gasteiger partial charge in [-0.25, -0.2) is 5.10 Å². The van der Waals surface area contributed by atoms with Crippen LogP contribution >= 0.6 is 11.6 Å². The Labute approximate surface area is 194 Å². The second-order valence-corrected chi connectivity index (χ2v) is 9.13. The minimum absolute atomic E-state index is 0.0270. The van der Waals surface area contributed by atoms with Crippen LogP contribution in [0, 0.1) is 5.92 Å². The minimum atomic E-state index is -0.0270. The molecule has 1 atom stereocenters. The number of carbonyl (C=O) groups excluding carboxylic acids is 1. The quantitative estimate of drug-likeness (QED) is 0.430. The number of benzene rings is 2. The van der Waals surface area contributed by atoms with Crippen molar-refractivity contribution in [2.45, 2.75) is 46.0 Å². The zero-order valence-corrected chi connectivity index (χ0v) is 19.8. The fourth-order valence-corrected chi connectivity index (χ4v) is 4.88. The van der Waals surface area contributed by atoms with Gasteiger partial charge in [0.05, 0.1) is 18.9 Å². The van der Waals surface area contributed by atoms with Gasteiger partial charge >= 0.3 is 0 Å². The van der Waals surface area contributed by atoms with Crippen molar-refractivity contribution in [2.24, 2.45) is 5.92 Å². The van der Waals surface area contributed by atoms with E-state index in [0.717, 1.165) is 52.1 Å². The number of fused-ring (bicyclic) bond motifs is 1. The van der Waals surface area contributed by atoms with Crippen molar-refractivity contribution >= 4 is 23.0 Å². The summed E-state index contributed by atoms with van der Waals surface area (Å²) >= 11 is 6.21. The Morgan fingerprint density at radius 3 is 2.75 bits per heavy atom. The summed E-state index contributed by atoms with van der Waals surface area (Å²) in [5.41, 5.74) is 7.39. The number of allylic oxidation sites excluding steroid dienone is 2. The van der Waals surface area contributed by atoms with Crippen LogP contribution in [0.4, 0.5) is 0 Å². The van der Waals surface area contributed by atoms with Crippen molar-refractivity contribution in [2.75, 3.05) is 7.11 Å². The summed E-state index contributed by atoms with van der Waals surface area (Å²) in [4.78, 5) is 13.7. The first-order chi connectivity index (χ1) is 15.4. The van der Waals surface area contributed by atoms with E-state index in [1.807, 2.05) is 31.2 Å². The van der Waals surface area contributed by atoms with Crippen LogP contribution in [-0.4, -0.2) is 23.1 Å². The monoisotopic (exact) mass is 448 g/mol. The van der Waals surface area contributed by atoms with Crippen molar-refractivity contribution in [3.63, 3.8) is 0 Å². The Balaban J connectivity index is 1.67. The zero-order chi connectivity index (χ0) is 22.8. The van der Waals surface area contributed by atoms with Gasteiger partial charge in [0, 0.05) is 16.5 Å². The van der Waals surface area contributed by atoms with Crippen LogP contribution in [-0.2, 0) is 17.6 Å². The van der Waals surface area contributed by atoms with Gasteiger partial charge in [0.25, 0.3) is 0 Å². The lowest BCUT2D eigenvalue weighted by Gasteiger charge is -2.26. The Kier molecular flexibility index (Phi) is 6.52. The number of hydrogen-bond acceptors (Lipinski definition) is 3. The number of nitrogens with one attached hydrogen (secondary N) is 1. The molecule has 166 valence electrons. The number of hydrogen-bond donors (Lipinski definition) is 1. The molecule has 0 saturated carbocycles. The molecule has 1 aliphatic carbocycles. The highest BCUT2D eigenvalue weighted by Gasteiger charge is 2.28. The molecule has 1 unspecified atom stereocenters. The molecule has 4 rings (SSSR count). The number of nitrogens with zero attached hydrogens (tertiary/aromatic N) is 1. The lowest BCUT2D eigenvalue weighted by molar-refractivity contribution is -0.117. The standard InChI is InChI=1S/C27H29ClN2O2/c1-5-22(26(31)19-7-6-17-8-10-21(28)13-20(17)12-19)23-11-9-18(14-24(23)16(2)3)25-15-29-30-27(25)32-4/h5,8-11,13-16,19H,6-7,12H2,1-4H3,(H,29,30)/b22-5+. The first-order valence-corrected chi connectivity index (χ1v) is 11.5. The molecule has 1 aliphatic rings. The molecule has 1 aromatic heterocycles. The molecule has 0 bridgehead atoms. The zero-order valence-electron chi connectivity index (χ0n) is 19.0. The molecule has 0 fully saturated rings. The van der Waals surface area contributed by atoms with Crippen LogP contribution < -0.4 is 4.74 Å². The fourth-order valence-electron chi connectivity index (χ4n) is 4.69. The van der Waals surface area contributed by atoms with Crippen LogP contribution in [0.1, 0.15) is 55.4 Å². The molecule has 0 saturated heterocycles. The van der Waals surface area contributed by atoms with E-state index in [1.54, 1.807) is 13.3 Å². The summed E-state index contributed by atoms with van der Waals surface area (Å²) in [6.45, 7) is 6.27. The van der Waals surface area contributed by atoms with Crippen LogP contribution in [0.3, 0.4) is 0 Å². The van der Waals surface area contributed by atoms with E-state index in [-0.39, 0.29) is 17.6 Å². The van der Waals surface area contributed by atoms with Gasteiger partial charge in [-0.15, -0.1) is 0 Å². The van der Waals surface area contributed by atoms with E-state index in [2.05, 4.69) is 42.2 Å². The van der Waals surface area contributed by atoms with Crippen molar-refractivity contribution in [3.8, 4) is 17.0 Å². The molecule has 2 aromatic carbocycles. The summed E-state index contributed by atoms with van der Waals surface area (Å²) < 4.78 is 5.40. The van der Waals surface area contributed by atoms with Gasteiger partial charge in [-0.05, 0) is 72.1 Å². The van der Waals surface area contributed by atoms with Crippen molar-refractivity contribution in [1.82, 2.24) is 10.2 Å². The lowest BCUT2D eigenvalue weighted by atomic mass is 9.77. The highest BCUT2D eigenvalue weighted by Crippen LogP contribution is 2.37. The first-order valence-electron chi connectivity index (χ1n) is 11.1. The van der Waals surface area contributed by atoms with E-state index in [0.29, 0.717) is 5.88 Å². The van der Waals surface area contributed by atoms with E-state index < -0.39 is 0 Å². The summed E-state index contributed by atoms with van der Waals surface area (Å²) in [6, 6.07) is 12.3. The largest absolute Gasteiger partial charge is 0.481 e. The Hall–Kier alpha value is -2.85. The van der Waals surface area contributed by atoms with Gasteiger partial charge in [0.2, 0.25) is 5.88 Å². The van der Waals surface area contributed by atoms with Crippen molar-refractivity contribution in [3.05, 3.63) is 75.9 Å². The second-order valence-electron chi connectivity index (χ2n) is 8.69. The number of ether oxygens (including phenoxy) is 1. The molecular formula is C27H29ClN2O2. The predicted octanol–water partition coefficient (Wildman–Crippen LogP) is 6.64. The molecule has 1 heterocycles. The van der Waals surface area contributed by atoms with Crippen molar-refractivity contribution < 1.29 is 9.53 Å². The molecule has 4 nitrogen and oxygen atoms in total. The maximum atomic E-state index is 13.7. The molecule has 0 spiro atoms. The smallest absolute Gasteiger partial charge is 0.216 e. The molecule has 1 N–H and O–H groups in total. The number of carbonyl (C=O) groups is 1. The predicted molar refractivity (Wildman–Crippen MR) is 130 cm³/mol. The molecule has 0 aliphatic heterocycles. The molecule has 32 heavy (non-hydrogen) atoms. The molecule has 0 amide bonds. The number of aromatic nitrogens is 2. The average Bonchev–Trinajstić information content (AvgIpc) is 3.28.